The van der Waals surface area contributed by atoms with Crippen LogP contribution in [0.3, 0.4) is 0 Å². The van der Waals surface area contributed by atoms with Crippen molar-refractivity contribution >= 4 is 65.0 Å². The van der Waals surface area contributed by atoms with Crippen LogP contribution in [0.15, 0.2) is 69.9 Å². The first-order chi connectivity index (χ1) is 17.7. The van der Waals surface area contributed by atoms with E-state index in [-0.39, 0.29) is 0 Å². The Morgan fingerprint density at radius 2 is 0.889 bits per heavy atom. The molecule has 0 aliphatic carbocycles. The number of hydrogen-bond donors (Lipinski definition) is 2. The van der Waals surface area contributed by atoms with Crippen LogP contribution < -0.4 is 10.6 Å². The normalized spacial score (nSPS) is 11.3. The minimum absolute atomic E-state index is 1.02. The lowest BCUT2D eigenvalue weighted by molar-refractivity contribution is 0.557. The maximum atomic E-state index is 4.46. The third-order valence-corrected chi connectivity index (χ3v) is 7.63. The largest absolute Gasteiger partial charge is 0.384 e. The van der Waals surface area contributed by atoms with Crippen molar-refractivity contribution in [3.05, 3.63) is 69.9 Å². The number of hydrogen-bond acceptors (Lipinski definition) is 4. The highest BCUT2D eigenvalue weighted by Crippen LogP contribution is 2.26. The van der Waals surface area contributed by atoms with Crippen molar-refractivity contribution in [2.45, 2.75) is 64.2 Å². The van der Waals surface area contributed by atoms with Gasteiger partial charge in [-0.1, -0.05) is 83.2 Å². The second-order valence-corrected chi connectivity index (χ2v) is 11.3. The van der Waals surface area contributed by atoms with Gasteiger partial charge < -0.3 is 10.6 Å². The van der Waals surface area contributed by atoms with Gasteiger partial charge in [0.15, 0.2) is 0 Å². The predicted molar refractivity (Wildman–Crippen MR) is 162 cm³/mol. The van der Waals surface area contributed by atoms with E-state index < -0.39 is 0 Å². The summed E-state index contributed by atoms with van der Waals surface area (Å²) in [5, 5.41) is 9.58. The molecule has 36 heavy (non-hydrogen) atoms. The van der Waals surface area contributed by atoms with E-state index in [9.17, 15) is 0 Å². The van der Waals surface area contributed by atoms with Crippen LogP contribution in [-0.2, 0) is 0 Å². The minimum Gasteiger partial charge on any atom is -0.384 e. The standard InChI is InChI=1S/C30H36Br2N4/c31-23-11-13-25-27(15-19-35-29(25)21-23)33-17-9-7-5-3-1-2-4-6-8-10-18-34-28-16-20-36-30-22-24(32)12-14-26(28)30/h11-16,19-22H,1-10,17-18H2,(H,33,35)(H,34,36). The van der Waals surface area contributed by atoms with Gasteiger partial charge in [-0.05, 0) is 61.4 Å². The summed E-state index contributed by atoms with van der Waals surface area (Å²) >= 11 is 7.05. The van der Waals surface area contributed by atoms with Gasteiger partial charge >= 0.3 is 0 Å². The zero-order valence-electron chi connectivity index (χ0n) is 20.9. The van der Waals surface area contributed by atoms with E-state index in [4.69, 9.17) is 0 Å². The van der Waals surface area contributed by atoms with Crippen LogP contribution in [0, 0.1) is 0 Å². The highest BCUT2D eigenvalue weighted by Gasteiger charge is 2.03. The van der Waals surface area contributed by atoms with Gasteiger partial charge in [0.05, 0.1) is 11.0 Å². The molecule has 0 amide bonds. The molecule has 0 fully saturated rings. The van der Waals surface area contributed by atoms with Crippen LogP contribution in [0.25, 0.3) is 21.8 Å². The van der Waals surface area contributed by atoms with Crippen molar-refractivity contribution in [1.82, 2.24) is 9.97 Å². The lowest BCUT2D eigenvalue weighted by Gasteiger charge is -2.10. The van der Waals surface area contributed by atoms with E-state index in [0.717, 1.165) is 33.1 Å². The maximum Gasteiger partial charge on any atom is 0.0733 e. The van der Waals surface area contributed by atoms with Crippen molar-refractivity contribution in [3.63, 3.8) is 0 Å². The molecule has 4 aromatic rings. The number of fused-ring (bicyclic) bond motifs is 2. The number of benzene rings is 2. The van der Waals surface area contributed by atoms with Crippen LogP contribution in [0.1, 0.15) is 64.2 Å². The molecule has 4 nitrogen and oxygen atoms in total. The summed E-state index contributed by atoms with van der Waals surface area (Å²) in [7, 11) is 0. The van der Waals surface area contributed by atoms with Crippen LogP contribution in [-0.4, -0.2) is 23.1 Å². The SMILES string of the molecule is Brc1ccc2c(NCCCCCCCCCCCCNc3ccnc4cc(Br)ccc34)ccnc2c1. The third-order valence-electron chi connectivity index (χ3n) is 6.64. The highest BCUT2D eigenvalue weighted by molar-refractivity contribution is 9.10. The molecule has 2 aromatic carbocycles. The summed E-state index contributed by atoms with van der Waals surface area (Å²) in [6.45, 7) is 2.05. The molecule has 0 saturated heterocycles. The Labute approximate surface area is 232 Å². The number of unbranched alkanes of at least 4 members (excludes halogenated alkanes) is 9. The van der Waals surface area contributed by atoms with Gasteiger partial charge in [-0.15, -0.1) is 0 Å². The molecule has 0 radical (unpaired) electrons. The summed E-state index contributed by atoms with van der Waals surface area (Å²) < 4.78 is 2.14. The maximum absolute atomic E-state index is 4.46. The Hall–Kier alpha value is -2.18. The quantitative estimate of drug-likeness (QED) is 0.131. The molecule has 190 valence electrons. The number of anilines is 2. The molecule has 0 saturated carbocycles. The zero-order chi connectivity index (χ0) is 25.0. The number of halogens is 2. The van der Waals surface area contributed by atoms with Crippen LogP contribution in [0.5, 0.6) is 0 Å². The van der Waals surface area contributed by atoms with Crippen molar-refractivity contribution in [2.75, 3.05) is 23.7 Å². The molecule has 0 unspecified atom stereocenters. The number of rotatable bonds is 15. The molecular weight excluding hydrogens is 576 g/mol. The summed E-state index contributed by atoms with van der Waals surface area (Å²) in [5.41, 5.74) is 4.43. The first kappa shape index (κ1) is 26.9. The fourth-order valence-electron chi connectivity index (χ4n) is 4.66. The Morgan fingerprint density at radius 1 is 0.500 bits per heavy atom. The molecule has 0 bridgehead atoms. The predicted octanol–water partition coefficient (Wildman–Crippen LogP) is 9.73. The van der Waals surface area contributed by atoms with E-state index in [1.807, 2.05) is 12.4 Å². The fraction of sp³-hybridized carbons (Fsp3) is 0.400. The van der Waals surface area contributed by atoms with Gasteiger partial charge in [0.25, 0.3) is 0 Å². The minimum atomic E-state index is 1.02. The highest BCUT2D eigenvalue weighted by atomic mass is 79.9. The topological polar surface area (TPSA) is 49.8 Å². The fourth-order valence-corrected chi connectivity index (χ4v) is 5.36. The monoisotopic (exact) mass is 610 g/mol. The lowest BCUT2D eigenvalue weighted by Crippen LogP contribution is -2.02. The molecule has 2 aromatic heterocycles. The van der Waals surface area contributed by atoms with E-state index in [2.05, 4.69) is 101 Å². The number of nitrogens with zero attached hydrogens (tertiary/aromatic N) is 2. The van der Waals surface area contributed by atoms with Crippen molar-refractivity contribution in [3.8, 4) is 0 Å². The molecule has 6 heteroatoms. The van der Waals surface area contributed by atoms with E-state index in [0.29, 0.717) is 0 Å². The molecule has 4 rings (SSSR count). The number of nitrogens with one attached hydrogen (secondary N) is 2. The number of aromatic nitrogens is 2. The number of pyridine rings is 2. The Bertz CT molecular complexity index is 1150. The summed E-state index contributed by atoms with van der Waals surface area (Å²) in [4.78, 5) is 8.93. The molecule has 2 N–H and O–H groups in total. The van der Waals surface area contributed by atoms with Gasteiger partial charge in [-0.3, -0.25) is 9.97 Å². The average molecular weight is 612 g/mol. The Kier molecular flexibility index (Phi) is 10.8. The van der Waals surface area contributed by atoms with Crippen molar-refractivity contribution in [1.29, 1.82) is 0 Å². The lowest BCUT2D eigenvalue weighted by atomic mass is 10.1. The van der Waals surface area contributed by atoms with Gasteiger partial charge in [-0.2, -0.15) is 0 Å². The van der Waals surface area contributed by atoms with Gasteiger partial charge in [-0.25, -0.2) is 0 Å². The zero-order valence-corrected chi connectivity index (χ0v) is 24.1. The molecule has 2 heterocycles. The van der Waals surface area contributed by atoms with Gasteiger partial charge in [0, 0.05) is 56.6 Å². The second-order valence-electron chi connectivity index (χ2n) is 9.43. The first-order valence-corrected chi connectivity index (χ1v) is 14.9. The van der Waals surface area contributed by atoms with E-state index in [1.165, 1.54) is 86.4 Å². The average Bonchev–Trinajstić information content (AvgIpc) is 2.88. The Morgan fingerprint density at radius 3 is 1.31 bits per heavy atom. The molecule has 0 spiro atoms. The van der Waals surface area contributed by atoms with Crippen LogP contribution in [0.4, 0.5) is 11.4 Å². The van der Waals surface area contributed by atoms with E-state index >= 15 is 0 Å². The van der Waals surface area contributed by atoms with Crippen LogP contribution >= 0.6 is 31.9 Å². The summed E-state index contributed by atoms with van der Waals surface area (Å²) in [5.74, 6) is 0. The van der Waals surface area contributed by atoms with E-state index in [1.54, 1.807) is 0 Å². The smallest absolute Gasteiger partial charge is 0.0733 e. The summed E-state index contributed by atoms with van der Waals surface area (Å²) in [6, 6.07) is 16.7. The molecular formula is C30H36Br2N4. The van der Waals surface area contributed by atoms with Crippen molar-refractivity contribution in [2.24, 2.45) is 0 Å². The molecule has 0 aliphatic rings. The first-order valence-electron chi connectivity index (χ1n) is 13.3. The third kappa shape index (κ3) is 8.17. The van der Waals surface area contributed by atoms with Gasteiger partial charge in [0.1, 0.15) is 0 Å². The molecule has 0 atom stereocenters. The molecule has 0 aliphatic heterocycles. The van der Waals surface area contributed by atoms with Crippen LogP contribution in [0.2, 0.25) is 0 Å². The second kappa shape index (κ2) is 14.5. The summed E-state index contributed by atoms with van der Waals surface area (Å²) in [6.07, 6.45) is 16.9. The Balaban J connectivity index is 0.986. The van der Waals surface area contributed by atoms with Gasteiger partial charge in [0.2, 0.25) is 0 Å². The van der Waals surface area contributed by atoms with Crippen molar-refractivity contribution < 1.29 is 0 Å².